The van der Waals surface area contributed by atoms with E-state index < -0.39 is 16.0 Å². The topological polar surface area (TPSA) is 72.9 Å². The van der Waals surface area contributed by atoms with Crippen LogP contribution in [0.3, 0.4) is 0 Å². The fraction of sp³-hybridized carbons (Fsp3) is 0.316. The number of methoxy groups -OCH3 is 1. The first-order valence-corrected chi connectivity index (χ1v) is 10.1. The molecule has 0 saturated heterocycles. The van der Waals surface area contributed by atoms with Gasteiger partial charge in [-0.2, -0.15) is 4.31 Å². The normalized spacial score (nSPS) is 11.7. The van der Waals surface area contributed by atoms with Crippen LogP contribution in [0.1, 0.15) is 29.8 Å². The molecule has 0 unspecified atom stereocenters. The van der Waals surface area contributed by atoms with Crippen molar-refractivity contribution in [3.63, 3.8) is 0 Å². The van der Waals surface area contributed by atoms with Crippen LogP contribution < -0.4 is 4.74 Å². The van der Waals surface area contributed by atoms with Crippen LogP contribution in [0, 0.1) is 0 Å². The van der Waals surface area contributed by atoms with E-state index in [-0.39, 0.29) is 28.1 Å². The van der Waals surface area contributed by atoms with E-state index in [2.05, 4.69) is 0 Å². The van der Waals surface area contributed by atoms with Gasteiger partial charge in [0.1, 0.15) is 12.4 Å². The summed E-state index contributed by atoms with van der Waals surface area (Å²) in [5, 5.41) is 0.126. The Balaban J connectivity index is 2.20. The lowest BCUT2D eigenvalue weighted by Crippen LogP contribution is -2.33. The number of benzene rings is 2. The second-order valence-corrected chi connectivity index (χ2v) is 8.59. The van der Waals surface area contributed by atoms with Crippen molar-refractivity contribution in [3.8, 4) is 5.75 Å². The molecule has 6 nitrogen and oxygen atoms in total. The van der Waals surface area contributed by atoms with Crippen LogP contribution in [0.25, 0.3) is 0 Å². The van der Waals surface area contributed by atoms with Crippen LogP contribution in [-0.2, 0) is 21.4 Å². The van der Waals surface area contributed by atoms with E-state index in [4.69, 9.17) is 21.1 Å². The largest absolute Gasteiger partial charge is 0.497 e. The molecule has 0 aliphatic heterocycles. The van der Waals surface area contributed by atoms with Gasteiger partial charge in [-0.25, -0.2) is 13.2 Å². The van der Waals surface area contributed by atoms with Crippen molar-refractivity contribution < 1.29 is 22.7 Å². The SMILES string of the molecule is COc1ccc(COC(=O)c2cc(S(=O)(=O)N(C)C(C)C)ccc2Cl)cc1. The summed E-state index contributed by atoms with van der Waals surface area (Å²) >= 11 is 6.08. The van der Waals surface area contributed by atoms with Gasteiger partial charge in [-0.1, -0.05) is 23.7 Å². The number of carbonyl (C=O) groups excluding carboxylic acids is 1. The average molecular weight is 412 g/mol. The molecule has 0 N–H and O–H groups in total. The maximum Gasteiger partial charge on any atom is 0.340 e. The Morgan fingerprint density at radius 1 is 1.15 bits per heavy atom. The third-order valence-electron chi connectivity index (χ3n) is 4.09. The van der Waals surface area contributed by atoms with E-state index in [1.807, 2.05) is 0 Å². The second kappa shape index (κ2) is 8.73. The molecule has 0 spiro atoms. The molecule has 0 fully saturated rings. The monoisotopic (exact) mass is 411 g/mol. The van der Waals surface area contributed by atoms with Gasteiger partial charge < -0.3 is 9.47 Å². The molecule has 2 aromatic rings. The molecule has 2 rings (SSSR count). The van der Waals surface area contributed by atoms with Gasteiger partial charge in [-0.05, 0) is 49.7 Å². The number of sulfonamides is 1. The number of nitrogens with zero attached hydrogens (tertiary/aromatic N) is 1. The number of rotatable bonds is 7. The Hall–Kier alpha value is -2.09. The summed E-state index contributed by atoms with van der Waals surface area (Å²) in [6.45, 7) is 3.55. The lowest BCUT2D eigenvalue weighted by atomic mass is 10.2. The number of esters is 1. The minimum atomic E-state index is -3.73. The Bertz CT molecular complexity index is 910. The molecule has 0 heterocycles. The predicted octanol–water partition coefficient (Wildman–Crippen LogP) is 3.73. The van der Waals surface area contributed by atoms with Gasteiger partial charge in [0.25, 0.3) is 0 Å². The van der Waals surface area contributed by atoms with Crippen LogP contribution in [0.15, 0.2) is 47.4 Å². The summed E-state index contributed by atoms with van der Waals surface area (Å²) in [5.41, 5.74) is 0.770. The van der Waals surface area contributed by atoms with Gasteiger partial charge >= 0.3 is 5.97 Å². The lowest BCUT2D eigenvalue weighted by Gasteiger charge is -2.21. The third kappa shape index (κ3) is 5.00. The average Bonchev–Trinajstić information content (AvgIpc) is 2.65. The van der Waals surface area contributed by atoms with Crippen molar-refractivity contribution in [2.75, 3.05) is 14.2 Å². The van der Waals surface area contributed by atoms with Gasteiger partial charge in [0.2, 0.25) is 10.0 Å². The highest BCUT2D eigenvalue weighted by Gasteiger charge is 2.25. The molecule has 0 bridgehead atoms. The first-order chi connectivity index (χ1) is 12.7. The Morgan fingerprint density at radius 3 is 2.33 bits per heavy atom. The zero-order valence-corrected chi connectivity index (χ0v) is 17.2. The Morgan fingerprint density at radius 2 is 1.78 bits per heavy atom. The molecular formula is C19H22ClNO5S. The number of halogens is 1. The predicted molar refractivity (Wildman–Crippen MR) is 104 cm³/mol. The highest BCUT2D eigenvalue weighted by molar-refractivity contribution is 7.89. The fourth-order valence-electron chi connectivity index (χ4n) is 2.21. The molecule has 0 aliphatic rings. The first-order valence-electron chi connectivity index (χ1n) is 8.24. The van der Waals surface area contributed by atoms with Crippen LogP contribution in [0.2, 0.25) is 5.02 Å². The van der Waals surface area contributed by atoms with Crippen molar-refractivity contribution in [2.24, 2.45) is 0 Å². The van der Waals surface area contributed by atoms with Crippen molar-refractivity contribution >= 4 is 27.6 Å². The van der Waals surface area contributed by atoms with E-state index in [9.17, 15) is 13.2 Å². The summed E-state index contributed by atoms with van der Waals surface area (Å²) in [6.07, 6.45) is 0. The Labute approximate surface area is 164 Å². The zero-order chi connectivity index (χ0) is 20.2. The molecular weight excluding hydrogens is 390 g/mol. The van der Waals surface area contributed by atoms with E-state index in [0.29, 0.717) is 5.75 Å². The molecule has 0 atom stereocenters. The molecule has 0 aliphatic carbocycles. The van der Waals surface area contributed by atoms with E-state index >= 15 is 0 Å². The van der Waals surface area contributed by atoms with Crippen molar-refractivity contribution in [2.45, 2.75) is 31.4 Å². The minimum Gasteiger partial charge on any atom is -0.497 e. The van der Waals surface area contributed by atoms with Gasteiger partial charge in [-0.3, -0.25) is 0 Å². The summed E-state index contributed by atoms with van der Waals surface area (Å²) in [6, 6.07) is 10.8. The maximum absolute atomic E-state index is 12.6. The Kier molecular flexibility index (Phi) is 6.86. The molecule has 146 valence electrons. The van der Waals surface area contributed by atoms with Crippen LogP contribution in [0.4, 0.5) is 0 Å². The lowest BCUT2D eigenvalue weighted by molar-refractivity contribution is 0.0472. The van der Waals surface area contributed by atoms with E-state index in [1.165, 1.54) is 29.6 Å². The summed E-state index contributed by atoms with van der Waals surface area (Å²) < 4.78 is 36.8. The van der Waals surface area contributed by atoms with E-state index in [0.717, 1.165) is 5.56 Å². The molecule has 2 aromatic carbocycles. The molecule has 0 aromatic heterocycles. The minimum absolute atomic E-state index is 0.00316. The van der Waals surface area contributed by atoms with Gasteiger partial charge in [0.15, 0.2) is 0 Å². The smallest absolute Gasteiger partial charge is 0.340 e. The standard InChI is InChI=1S/C19H22ClNO5S/c1-13(2)21(3)27(23,24)16-9-10-18(20)17(11-16)19(22)26-12-14-5-7-15(25-4)8-6-14/h5-11,13H,12H2,1-4H3. The summed E-state index contributed by atoms with van der Waals surface area (Å²) in [7, 11) is -0.686. The van der Waals surface area contributed by atoms with E-state index in [1.54, 1.807) is 45.2 Å². The highest BCUT2D eigenvalue weighted by atomic mass is 35.5. The maximum atomic E-state index is 12.6. The summed E-state index contributed by atoms with van der Waals surface area (Å²) in [4.78, 5) is 12.4. The zero-order valence-electron chi connectivity index (χ0n) is 15.6. The van der Waals surface area contributed by atoms with Crippen LogP contribution in [-0.4, -0.2) is 38.9 Å². The molecule has 0 radical (unpaired) electrons. The fourth-order valence-corrected chi connectivity index (χ4v) is 3.80. The number of ether oxygens (including phenoxy) is 2. The van der Waals surface area contributed by atoms with Crippen LogP contribution in [0.5, 0.6) is 5.75 Å². The molecule has 8 heteroatoms. The third-order valence-corrected chi connectivity index (χ3v) is 6.45. The number of carbonyl (C=O) groups is 1. The molecule has 27 heavy (non-hydrogen) atoms. The van der Waals surface area contributed by atoms with Crippen molar-refractivity contribution in [3.05, 3.63) is 58.6 Å². The first kappa shape index (κ1) is 21.2. The number of hydrogen-bond acceptors (Lipinski definition) is 5. The number of hydrogen-bond donors (Lipinski definition) is 0. The van der Waals surface area contributed by atoms with Gasteiger partial charge in [0, 0.05) is 13.1 Å². The highest BCUT2D eigenvalue weighted by Crippen LogP contribution is 2.24. The molecule has 0 saturated carbocycles. The summed E-state index contributed by atoms with van der Waals surface area (Å²) in [5.74, 6) is 0.000342. The van der Waals surface area contributed by atoms with Gasteiger partial charge in [-0.15, -0.1) is 0 Å². The van der Waals surface area contributed by atoms with Gasteiger partial charge in [0.05, 0.1) is 22.6 Å². The second-order valence-electron chi connectivity index (χ2n) is 6.18. The van der Waals surface area contributed by atoms with Crippen LogP contribution >= 0.6 is 11.6 Å². The molecule has 0 amide bonds. The quantitative estimate of drug-likeness (QED) is 0.649. The van der Waals surface area contributed by atoms with Crippen molar-refractivity contribution in [1.29, 1.82) is 0 Å². The van der Waals surface area contributed by atoms with Crippen molar-refractivity contribution in [1.82, 2.24) is 4.31 Å².